The smallest absolute Gasteiger partial charge is 0.224 e. The van der Waals surface area contributed by atoms with Crippen molar-refractivity contribution in [3.63, 3.8) is 0 Å². The molecule has 0 aromatic heterocycles. The number of amides is 1. The van der Waals surface area contributed by atoms with Crippen LogP contribution in [0.15, 0.2) is 35.2 Å². The van der Waals surface area contributed by atoms with Crippen LogP contribution in [0, 0.1) is 18.2 Å². The van der Waals surface area contributed by atoms with Crippen LogP contribution >= 0.6 is 11.8 Å². The zero-order valence-electron chi connectivity index (χ0n) is 18.1. The highest BCUT2D eigenvalue weighted by Crippen LogP contribution is 2.42. The van der Waals surface area contributed by atoms with Gasteiger partial charge in [-0.25, -0.2) is 4.39 Å². The summed E-state index contributed by atoms with van der Waals surface area (Å²) < 4.78 is 13.2. The first-order valence-corrected chi connectivity index (χ1v) is 11.2. The van der Waals surface area contributed by atoms with E-state index in [1.54, 1.807) is 11.8 Å². The van der Waals surface area contributed by atoms with Crippen LogP contribution in [0.4, 0.5) is 15.8 Å². The normalized spacial score (nSPS) is 13.5. The molecule has 1 heterocycles. The molecule has 2 aromatic carbocycles. The summed E-state index contributed by atoms with van der Waals surface area (Å²) in [6.45, 7) is 12.2. The van der Waals surface area contributed by atoms with E-state index in [9.17, 15) is 9.18 Å². The molecule has 0 fully saturated rings. The van der Waals surface area contributed by atoms with Gasteiger partial charge in [-0.05, 0) is 59.4 Å². The predicted molar refractivity (Wildman–Crippen MR) is 121 cm³/mol. The lowest BCUT2D eigenvalue weighted by molar-refractivity contribution is -0.117. The first-order valence-electron chi connectivity index (χ1n) is 10.3. The number of fused-ring (bicyclic) bond motifs is 1. The number of anilines is 2. The zero-order chi connectivity index (χ0) is 21.2. The molecule has 0 saturated heterocycles. The van der Waals surface area contributed by atoms with Crippen LogP contribution in [0.25, 0.3) is 0 Å². The molecule has 0 spiro atoms. The van der Waals surface area contributed by atoms with Crippen molar-refractivity contribution in [2.75, 3.05) is 22.5 Å². The van der Waals surface area contributed by atoms with Gasteiger partial charge in [-0.3, -0.25) is 4.79 Å². The second-order valence-corrected chi connectivity index (χ2v) is 10.2. The van der Waals surface area contributed by atoms with E-state index in [2.05, 4.69) is 50.9 Å². The molecule has 0 atom stereocenters. The van der Waals surface area contributed by atoms with Crippen LogP contribution in [0.1, 0.15) is 50.8 Å². The summed E-state index contributed by atoms with van der Waals surface area (Å²) in [4.78, 5) is 16.1. The number of thioether (sulfide) groups is 1. The third kappa shape index (κ3) is 5.33. The molecule has 2 aromatic rings. The summed E-state index contributed by atoms with van der Waals surface area (Å²) in [7, 11) is 0. The van der Waals surface area contributed by atoms with Crippen LogP contribution in [0.2, 0.25) is 0 Å². The molecule has 0 saturated carbocycles. The minimum atomic E-state index is -0.205. The number of halogens is 1. The van der Waals surface area contributed by atoms with Crippen molar-refractivity contribution in [1.82, 2.24) is 0 Å². The fourth-order valence-electron chi connectivity index (χ4n) is 3.84. The van der Waals surface area contributed by atoms with Crippen LogP contribution in [-0.4, -0.2) is 18.2 Å². The van der Waals surface area contributed by atoms with E-state index < -0.39 is 0 Å². The molecule has 0 radical (unpaired) electrons. The Morgan fingerprint density at radius 2 is 1.93 bits per heavy atom. The van der Waals surface area contributed by atoms with E-state index >= 15 is 0 Å². The topological polar surface area (TPSA) is 32.3 Å². The Bertz CT molecular complexity index is 887. The number of rotatable bonds is 6. The third-order valence-corrected chi connectivity index (χ3v) is 6.09. The molecule has 5 heteroatoms. The van der Waals surface area contributed by atoms with Crippen LogP contribution in [-0.2, 0) is 17.8 Å². The first kappa shape index (κ1) is 21.7. The molecular formula is C24H31FN2OS. The third-order valence-electron chi connectivity index (χ3n) is 5.17. The van der Waals surface area contributed by atoms with E-state index in [1.165, 1.54) is 28.9 Å². The van der Waals surface area contributed by atoms with E-state index in [4.69, 9.17) is 0 Å². The number of carbonyl (C=O) groups is 1. The molecule has 1 N–H and O–H groups in total. The number of carbonyl (C=O) groups excluding carboxylic acids is 1. The van der Waals surface area contributed by atoms with E-state index in [0.29, 0.717) is 6.42 Å². The lowest BCUT2D eigenvalue weighted by Gasteiger charge is -2.23. The van der Waals surface area contributed by atoms with Crippen molar-refractivity contribution in [3.8, 4) is 0 Å². The predicted octanol–water partition coefficient (Wildman–Crippen LogP) is 6.18. The second kappa shape index (κ2) is 8.78. The van der Waals surface area contributed by atoms with Crippen molar-refractivity contribution in [3.05, 3.63) is 52.8 Å². The summed E-state index contributed by atoms with van der Waals surface area (Å²) in [5.41, 5.74) is 5.73. The maximum absolute atomic E-state index is 13.2. The van der Waals surface area contributed by atoms with Crippen molar-refractivity contribution >= 4 is 29.0 Å². The molecule has 3 nitrogen and oxygen atoms in total. The van der Waals surface area contributed by atoms with E-state index in [0.717, 1.165) is 41.4 Å². The standard InChI is InChI=1S/C24H31FN2OS/c1-6-29-21-13-20-19(16(2)23(21)26-22(28)14-24(3,4)5)11-12-27(20)15-17-7-9-18(25)10-8-17/h7-10,13H,6,11-12,14-15H2,1-5H3,(H,26,28). The average molecular weight is 415 g/mol. The minimum absolute atomic E-state index is 0.0429. The highest BCUT2D eigenvalue weighted by molar-refractivity contribution is 7.99. The highest BCUT2D eigenvalue weighted by atomic mass is 32.2. The summed E-state index contributed by atoms with van der Waals surface area (Å²) >= 11 is 1.76. The summed E-state index contributed by atoms with van der Waals surface area (Å²) in [6, 6.07) is 8.96. The fraction of sp³-hybridized carbons (Fsp3) is 0.458. The van der Waals surface area contributed by atoms with Crippen molar-refractivity contribution in [2.24, 2.45) is 5.41 Å². The Labute approximate surface area is 178 Å². The van der Waals surface area contributed by atoms with Gasteiger partial charge >= 0.3 is 0 Å². The van der Waals surface area contributed by atoms with Gasteiger partial charge in [-0.1, -0.05) is 39.8 Å². The molecule has 29 heavy (non-hydrogen) atoms. The number of nitrogens with one attached hydrogen (secondary N) is 1. The van der Waals surface area contributed by atoms with Gasteiger partial charge in [-0.2, -0.15) is 0 Å². The Hall–Kier alpha value is -2.01. The van der Waals surface area contributed by atoms with Crippen molar-refractivity contribution in [1.29, 1.82) is 0 Å². The number of hydrogen-bond acceptors (Lipinski definition) is 3. The van der Waals surface area contributed by atoms with Crippen LogP contribution in [0.5, 0.6) is 0 Å². The Balaban J connectivity index is 1.89. The van der Waals surface area contributed by atoms with Gasteiger partial charge in [-0.15, -0.1) is 11.8 Å². The van der Waals surface area contributed by atoms with E-state index in [-0.39, 0.29) is 17.1 Å². The molecular weight excluding hydrogens is 383 g/mol. The van der Waals surface area contributed by atoms with Crippen molar-refractivity contribution < 1.29 is 9.18 Å². The fourth-order valence-corrected chi connectivity index (χ4v) is 4.70. The van der Waals surface area contributed by atoms with Crippen molar-refractivity contribution in [2.45, 2.75) is 58.9 Å². The molecule has 1 aliphatic heterocycles. The second-order valence-electron chi connectivity index (χ2n) is 8.89. The molecule has 1 aliphatic rings. The number of benzene rings is 2. The van der Waals surface area contributed by atoms with Gasteiger partial charge in [0.05, 0.1) is 5.69 Å². The lowest BCUT2D eigenvalue weighted by atomic mass is 9.92. The Morgan fingerprint density at radius 1 is 1.24 bits per heavy atom. The highest BCUT2D eigenvalue weighted by Gasteiger charge is 2.26. The quantitative estimate of drug-likeness (QED) is 0.573. The minimum Gasteiger partial charge on any atom is -0.367 e. The first-order chi connectivity index (χ1) is 13.7. The summed E-state index contributed by atoms with van der Waals surface area (Å²) in [5.74, 6) is 0.807. The number of hydrogen-bond donors (Lipinski definition) is 1. The lowest BCUT2D eigenvalue weighted by Crippen LogP contribution is -2.21. The molecule has 0 unspecified atom stereocenters. The van der Waals surface area contributed by atoms with Gasteiger partial charge in [0.2, 0.25) is 5.91 Å². The van der Waals surface area contributed by atoms with Crippen LogP contribution in [0.3, 0.4) is 0 Å². The maximum Gasteiger partial charge on any atom is 0.224 e. The largest absolute Gasteiger partial charge is 0.367 e. The summed E-state index contributed by atoms with van der Waals surface area (Å²) in [6.07, 6.45) is 1.46. The van der Waals surface area contributed by atoms with E-state index in [1.807, 2.05) is 12.1 Å². The van der Waals surface area contributed by atoms with Crippen LogP contribution < -0.4 is 10.2 Å². The van der Waals surface area contributed by atoms with Gasteiger partial charge in [0.1, 0.15) is 5.82 Å². The SMILES string of the molecule is CCSc1cc2c(c(C)c1NC(=O)CC(C)(C)C)CCN2Cc1ccc(F)cc1. The maximum atomic E-state index is 13.2. The zero-order valence-corrected chi connectivity index (χ0v) is 18.9. The molecule has 3 rings (SSSR count). The Kier molecular flexibility index (Phi) is 6.57. The van der Waals surface area contributed by atoms with Gasteiger partial charge in [0.15, 0.2) is 0 Å². The molecule has 0 aliphatic carbocycles. The molecule has 0 bridgehead atoms. The monoisotopic (exact) mass is 414 g/mol. The van der Waals surface area contributed by atoms with Gasteiger partial charge < -0.3 is 10.2 Å². The number of nitrogens with zero attached hydrogens (tertiary/aromatic N) is 1. The molecule has 1 amide bonds. The summed E-state index contributed by atoms with van der Waals surface area (Å²) in [5, 5.41) is 3.20. The Morgan fingerprint density at radius 3 is 2.55 bits per heavy atom. The van der Waals surface area contributed by atoms with Gasteiger partial charge in [0.25, 0.3) is 0 Å². The average Bonchev–Trinajstić information content (AvgIpc) is 3.02. The molecule has 156 valence electrons. The van der Waals surface area contributed by atoms with Gasteiger partial charge in [0, 0.05) is 30.1 Å².